The van der Waals surface area contributed by atoms with Crippen molar-refractivity contribution >= 4 is 17.7 Å². The first-order chi connectivity index (χ1) is 7.24. The number of rotatable bonds is 5. The lowest BCUT2D eigenvalue weighted by Crippen LogP contribution is -2.33. The van der Waals surface area contributed by atoms with E-state index in [1.165, 1.54) is 7.11 Å². The van der Waals surface area contributed by atoms with Crippen molar-refractivity contribution in [3.8, 4) is 0 Å². The van der Waals surface area contributed by atoms with E-state index in [0.717, 1.165) is 11.3 Å². The predicted octanol–water partition coefficient (Wildman–Crippen LogP) is 0.815. The van der Waals surface area contributed by atoms with Crippen LogP contribution in [0.25, 0.3) is 0 Å². The van der Waals surface area contributed by atoms with Gasteiger partial charge in [-0.1, -0.05) is 6.07 Å². The highest BCUT2D eigenvalue weighted by Gasteiger charge is 2.12. The standard InChI is InChI=1S/C10H14N2O2S/c1-14-10(13)9(11)7-15-6-8-3-2-4-12-5-8/h2-5,9H,6-7,11H2,1H3. The maximum Gasteiger partial charge on any atom is 0.323 e. The lowest BCUT2D eigenvalue weighted by atomic mass is 10.3. The number of hydrogen-bond donors (Lipinski definition) is 1. The van der Waals surface area contributed by atoms with E-state index < -0.39 is 6.04 Å². The molecule has 1 atom stereocenters. The number of carbonyl (C=O) groups is 1. The molecule has 0 bridgehead atoms. The third-order valence-corrected chi connectivity index (χ3v) is 2.93. The first kappa shape index (κ1) is 12.0. The number of ether oxygens (including phenoxy) is 1. The van der Waals surface area contributed by atoms with Crippen LogP contribution in [0, 0.1) is 0 Å². The second-order valence-electron chi connectivity index (χ2n) is 3.01. The van der Waals surface area contributed by atoms with Crippen molar-refractivity contribution in [1.29, 1.82) is 0 Å². The van der Waals surface area contributed by atoms with Crippen LogP contribution < -0.4 is 5.73 Å². The van der Waals surface area contributed by atoms with Gasteiger partial charge >= 0.3 is 5.97 Å². The molecular formula is C10H14N2O2S. The number of carbonyl (C=O) groups excluding carboxylic acids is 1. The number of esters is 1. The smallest absolute Gasteiger partial charge is 0.323 e. The van der Waals surface area contributed by atoms with Crippen molar-refractivity contribution in [2.45, 2.75) is 11.8 Å². The van der Waals surface area contributed by atoms with E-state index in [-0.39, 0.29) is 5.97 Å². The van der Waals surface area contributed by atoms with Crippen LogP contribution in [-0.2, 0) is 15.3 Å². The van der Waals surface area contributed by atoms with Crippen LogP contribution in [0.3, 0.4) is 0 Å². The van der Waals surface area contributed by atoms with Crippen molar-refractivity contribution in [3.63, 3.8) is 0 Å². The van der Waals surface area contributed by atoms with Gasteiger partial charge in [-0.3, -0.25) is 9.78 Å². The summed E-state index contributed by atoms with van der Waals surface area (Å²) in [4.78, 5) is 15.0. The molecule has 4 nitrogen and oxygen atoms in total. The van der Waals surface area contributed by atoms with Crippen molar-refractivity contribution in [3.05, 3.63) is 30.1 Å². The van der Waals surface area contributed by atoms with E-state index in [2.05, 4.69) is 9.72 Å². The van der Waals surface area contributed by atoms with Gasteiger partial charge in [0.25, 0.3) is 0 Å². The number of nitrogens with zero attached hydrogens (tertiary/aromatic N) is 1. The summed E-state index contributed by atoms with van der Waals surface area (Å²) in [6.45, 7) is 0. The Balaban J connectivity index is 2.25. The highest BCUT2D eigenvalue weighted by Crippen LogP contribution is 2.11. The van der Waals surface area contributed by atoms with Crippen LogP contribution in [0.5, 0.6) is 0 Å². The number of nitrogens with two attached hydrogens (primary N) is 1. The molecule has 1 heterocycles. The maximum absolute atomic E-state index is 11.0. The molecule has 0 amide bonds. The molecule has 82 valence electrons. The fourth-order valence-corrected chi connectivity index (χ4v) is 1.92. The van der Waals surface area contributed by atoms with Gasteiger partial charge in [-0.25, -0.2) is 0 Å². The summed E-state index contributed by atoms with van der Waals surface area (Å²) in [6, 6.07) is 3.33. The van der Waals surface area contributed by atoms with Crippen LogP contribution in [0.2, 0.25) is 0 Å². The molecule has 0 aromatic carbocycles. The Morgan fingerprint density at radius 2 is 2.53 bits per heavy atom. The highest BCUT2D eigenvalue weighted by atomic mass is 32.2. The zero-order valence-corrected chi connectivity index (χ0v) is 9.37. The summed E-state index contributed by atoms with van der Waals surface area (Å²) in [6.07, 6.45) is 3.53. The monoisotopic (exact) mass is 226 g/mol. The van der Waals surface area contributed by atoms with Gasteiger partial charge in [-0.15, -0.1) is 0 Å². The van der Waals surface area contributed by atoms with Gasteiger partial charge in [0, 0.05) is 23.9 Å². The summed E-state index contributed by atoms with van der Waals surface area (Å²) < 4.78 is 4.53. The topological polar surface area (TPSA) is 65.2 Å². The number of hydrogen-bond acceptors (Lipinski definition) is 5. The summed E-state index contributed by atoms with van der Waals surface area (Å²) >= 11 is 1.59. The molecule has 1 aromatic rings. The zero-order valence-electron chi connectivity index (χ0n) is 8.55. The Labute approximate surface area is 93.2 Å². The third kappa shape index (κ3) is 4.31. The number of aromatic nitrogens is 1. The lowest BCUT2D eigenvalue weighted by molar-refractivity contribution is -0.141. The van der Waals surface area contributed by atoms with E-state index in [0.29, 0.717) is 5.75 Å². The number of pyridine rings is 1. The van der Waals surface area contributed by atoms with Crippen LogP contribution in [0.1, 0.15) is 5.56 Å². The van der Waals surface area contributed by atoms with Crippen LogP contribution in [0.4, 0.5) is 0 Å². The van der Waals surface area contributed by atoms with Gasteiger partial charge < -0.3 is 10.5 Å². The minimum atomic E-state index is -0.545. The SMILES string of the molecule is COC(=O)C(N)CSCc1cccnc1. The maximum atomic E-state index is 11.0. The summed E-state index contributed by atoms with van der Waals surface area (Å²) in [5, 5.41) is 0. The second-order valence-corrected chi connectivity index (χ2v) is 4.04. The highest BCUT2D eigenvalue weighted by molar-refractivity contribution is 7.98. The Hall–Kier alpha value is -1.07. The largest absolute Gasteiger partial charge is 0.468 e. The molecule has 0 aliphatic carbocycles. The van der Waals surface area contributed by atoms with Crippen molar-refractivity contribution in [2.75, 3.05) is 12.9 Å². The molecule has 1 unspecified atom stereocenters. The molecular weight excluding hydrogens is 212 g/mol. The quantitative estimate of drug-likeness (QED) is 0.753. The normalized spacial score (nSPS) is 12.1. The predicted molar refractivity (Wildman–Crippen MR) is 60.4 cm³/mol. The molecule has 15 heavy (non-hydrogen) atoms. The van der Waals surface area contributed by atoms with Gasteiger partial charge in [-0.2, -0.15) is 11.8 Å². The first-order valence-electron chi connectivity index (χ1n) is 4.54. The van der Waals surface area contributed by atoms with E-state index >= 15 is 0 Å². The molecule has 0 saturated heterocycles. The fourth-order valence-electron chi connectivity index (χ4n) is 1.01. The number of methoxy groups -OCH3 is 1. The molecule has 0 radical (unpaired) electrons. The number of thioether (sulfide) groups is 1. The first-order valence-corrected chi connectivity index (χ1v) is 5.69. The Kier molecular flexibility index (Phi) is 5.14. The molecule has 0 saturated carbocycles. The summed E-state index contributed by atoms with van der Waals surface area (Å²) in [7, 11) is 1.34. The molecule has 1 aromatic heterocycles. The summed E-state index contributed by atoms with van der Waals surface area (Å²) in [5.41, 5.74) is 6.71. The molecule has 2 N–H and O–H groups in total. The van der Waals surface area contributed by atoms with Crippen molar-refractivity contribution in [1.82, 2.24) is 4.98 Å². The van der Waals surface area contributed by atoms with Crippen LogP contribution >= 0.6 is 11.8 Å². The zero-order chi connectivity index (χ0) is 11.1. The van der Waals surface area contributed by atoms with E-state index in [1.54, 1.807) is 24.2 Å². The van der Waals surface area contributed by atoms with Crippen molar-refractivity contribution in [2.24, 2.45) is 5.73 Å². The third-order valence-electron chi connectivity index (χ3n) is 1.79. The van der Waals surface area contributed by atoms with E-state index in [9.17, 15) is 4.79 Å². The Morgan fingerprint density at radius 3 is 3.13 bits per heavy atom. The minimum absolute atomic E-state index is 0.367. The molecule has 5 heteroatoms. The van der Waals surface area contributed by atoms with Crippen LogP contribution in [-0.4, -0.2) is 29.9 Å². The molecule has 1 rings (SSSR count). The summed E-state index contributed by atoms with van der Waals surface area (Å²) in [5.74, 6) is 0.994. The average molecular weight is 226 g/mol. The van der Waals surface area contributed by atoms with Gasteiger partial charge in [0.15, 0.2) is 0 Å². The molecule has 0 aliphatic rings. The Bertz CT molecular complexity index is 306. The van der Waals surface area contributed by atoms with Gasteiger partial charge in [0.2, 0.25) is 0 Å². The average Bonchev–Trinajstić information content (AvgIpc) is 2.29. The molecule has 0 aliphatic heterocycles. The van der Waals surface area contributed by atoms with E-state index in [1.807, 2.05) is 12.1 Å². The molecule has 0 fully saturated rings. The van der Waals surface area contributed by atoms with E-state index in [4.69, 9.17) is 5.73 Å². The van der Waals surface area contributed by atoms with Gasteiger partial charge in [0.1, 0.15) is 6.04 Å². The van der Waals surface area contributed by atoms with Crippen molar-refractivity contribution < 1.29 is 9.53 Å². The molecule has 0 spiro atoms. The van der Waals surface area contributed by atoms with Gasteiger partial charge in [-0.05, 0) is 11.6 Å². The minimum Gasteiger partial charge on any atom is -0.468 e. The lowest BCUT2D eigenvalue weighted by Gasteiger charge is -2.08. The Morgan fingerprint density at radius 1 is 1.73 bits per heavy atom. The van der Waals surface area contributed by atoms with Crippen LogP contribution in [0.15, 0.2) is 24.5 Å². The second kappa shape index (κ2) is 6.42. The van der Waals surface area contributed by atoms with Gasteiger partial charge in [0.05, 0.1) is 7.11 Å². The fraction of sp³-hybridized carbons (Fsp3) is 0.400.